The third kappa shape index (κ3) is 3.64. The molecule has 1 fully saturated rings. The number of ether oxygens (including phenoxy) is 1. The first-order valence-electron chi connectivity index (χ1n) is 9.61. The van der Waals surface area contributed by atoms with Gasteiger partial charge in [0.05, 0.1) is 18.8 Å². The third-order valence-electron chi connectivity index (χ3n) is 5.37. The number of morpholine rings is 1. The van der Waals surface area contributed by atoms with Gasteiger partial charge in [-0.15, -0.1) is 0 Å². The average Bonchev–Trinajstić information content (AvgIpc) is 2.89. The van der Waals surface area contributed by atoms with E-state index in [1.807, 2.05) is 28.9 Å². The number of rotatable bonds is 3. The Morgan fingerprint density at radius 2 is 1.89 bits per heavy atom. The van der Waals surface area contributed by atoms with Gasteiger partial charge in [0.2, 0.25) is 5.91 Å². The summed E-state index contributed by atoms with van der Waals surface area (Å²) in [5.41, 5.74) is 8.82. The second-order valence-electron chi connectivity index (χ2n) is 7.24. The molecule has 7 nitrogen and oxygen atoms in total. The molecule has 2 amide bonds. The van der Waals surface area contributed by atoms with Gasteiger partial charge in [0.25, 0.3) is 5.91 Å². The first kappa shape index (κ1) is 19.0. The predicted molar refractivity (Wildman–Crippen MR) is 105 cm³/mol. The van der Waals surface area contributed by atoms with Crippen LogP contribution in [0.1, 0.15) is 41.0 Å². The minimum atomic E-state index is -0.769. The summed E-state index contributed by atoms with van der Waals surface area (Å²) >= 11 is 6.03. The van der Waals surface area contributed by atoms with Gasteiger partial charge in [-0.2, -0.15) is 5.10 Å². The van der Waals surface area contributed by atoms with Crippen molar-refractivity contribution < 1.29 is 14.3 Å². The van der Waals surface area contributed by atoms with Crippen LogP contribution in [0.4, 0.5) is 0 Å². The lowest BCUT2D eigenvalue weighted by molar-refractivity contribution is -0.133. The van der Waals surface area contributed by atoms with Crippen LogP contribution in [-0.4, -0.2) is 52.3 Å². The van der Waals surface area contributed by atoms with Crippen molar-refractivity contribution in [2.24, 2.45) is 5.73 Å². The molecular formula is C20H23ClN4O3. The number of primary amides is 1. The minimum absolute atomic E-state index is 0.163. The Morgan fingerprint density at radius 1 is 1.14 bits per heavy atom. The Labute approximate surface area is 168 Å². The zero-order chi connectivity index (χ0) is 19.7. The summed E-state index contributed by atoms with van der Waals surface area (Å²) in [5.74, 6) is -0.719. The van der Waals surface area contributed by atoms with Gasteiger partial charge in [0.15, 0.2) is 11.8 Å². The van der Waals surface area contributed by atoms with Crippen LogP contribution >= 0.6 is 11.6 Å². The number of carbonyl (C=O) groups is 2. The van der Waals surface area contributed by atoms with Gasteiger partial charge in [-0.3, -0.25) is 9.59 Å². The molecule has 2 aromatic rings. The van der Waals surface area contributed by atoms with Gasteiger partial charge < -0.3 is 15.4 Å². The number of hydrogen-bond acceptors (Lipinski definition) is 4. The molecule has 1 aromatic carbocycles. The molecule has 2 heterocycles. The standard InChI is InChI=1S/C20H23ClN4O3/c21-13-6-8-14(9-7-13)25-16-5-3-1-2-4-15(16)18(23-25)20(27)24-10-11-28-17(12-24)19(22)26/h6-9,17H,1-5,10-12H2,(H2,22,26). The van der Waals surface area contributed by atoms with E-state index in [1.165, 1.54) is 0 Å². The van der Waals surface area contributed by atoms with Crippen LogP contribution in [0, 0.1) is 0 Å². The highest BCUT2D eigenvalue weighted by molar-refractivity contribution is 6.30. The summed E-state index contributed by atoms with van der Waals surface area (Å²) in [6.07, 6.45) is 4.17. The quantitative estimate of drug-likeness (QED) is 0.796. The lowest BCUT2D eigenvalue weighted by atomic mass is 10.1. The summed E-state index contributed by atoms with van der Waals surface area (Å²) in [6.45, 7) is 0.876. The third-order valence-corrected chi connectivity index (χ3v) is 5.63. The highest BCUT2D eigenvalue weighted by atomic mass is 35.5. The zero-order valence-corrected chi connectivity index (χ0v) is 16.3. The Bertz CT molecular complexity index is 894. The van der Waals surface area contributed by atoms with Crippen LogP contribution < -0.4 is 5.73 Å². The second-order valence-corrected chi connectivity index (χ2v) is 7.67. The molecule has 4 rings (SSSR count). The van der Waals surface area contributed by atoms with Crippen LogP contribution in [0.25, 0.3) is 5.69 Å². The van der Waals surface area contributed by atoms with E-state index in [0.717, 1.165) is 49.0 Å². The molecule has 1 unspecified atom stereocenters. The fourth-order valence-corrected chi connectivity index (χ4v) is 4.03. The van der Waals surface area contributed by atoms with Crippen molar-refractivity contribution in [1.29, 1.82) is 0 Å². The molecule has 148 valence electrons. The van der Waals surface area contributed by atoms with E-state index in [-0.39, 0.29) is 12.5 Å². The molecule has 0 radical (unpaired) electrons. The van der Waals surface area contributed by atoms with Crippen molar-refractivity contribution in [2.75, 3.05) is 19.7 Å². The van der Waals surface area contributed by atoms with Crippen molar-refractivity contribution in [2.45, 2.75) is 38.2 Å². The van der Waals surface area contributed by atoms with Crippen molar-refractivity contribution in [3.8, 4) is 5.69 Å². The number of nitrogens with zero attached hydrogens (tertiary/aromatic N) is 3. The van der Waals surface area contributed by atoms with Crippen LogP contribution in [0.3, 0.4) is 0 Å². The molecule has 8 heteroatoms. The van der Waals surface area contributed by atoms with Gasteiger partial charge in [-0.25, -0.2) is 4.68 Å². The Kier molecular flexibility index (Phi) is 5.37. The fourth-order valence-electron chi connectivity index (χ4n) is 3.90. The number of carbonyl (C=O) groups excluding carboxylic acids is 2. The number of benzene rings is 1. The van der Waals surface area contributed by atoms with E-state index in [4.69, 9.17) is 27.2 Å². The maximum Gasteiger partial charge on any atom is 0.274 e. The molecule has 1 saturated heterocycles. The number of aromatic nitrogens is 2. The molecule has 28 heavy (non-hydrogen) atoms. The summed E-state index contributed by atoms with van der Waals surface area (Å²) in [7, 11) is 0. The molecule has 1 aliphatic heterocycles. The molecule has 1 aromatic heterocycles. The van der Waals surface area contributed by atoms with Crippen LogP contribution in [0.2, 0.25) is 5.02 Å². The van der Waals surface area contributed by atoms with E-state index < -0.39 is 12.0 Å². The number of amides is 2. The van der Waals surface area contributed by atoms with Gasteiger partial charge >= 0.3 is 0 Å². The zero-order valence-electron chi connectivity index (χ0n) is 15.6. The summed E-state index contributed by atoms with van der Waals surface area (Å²) in [4.78, 5) is 26.4. The first-order chi connectivity index (χ1) is 13.5. The summed E-state index contributed by atoms with van der Waals surface area (Å²) in [5, 5.41) is 5.36. The van der Waals surface area contributed by atoms with Crippen molar-refractivity contribution >= 4 is 23.4 Å². The molecule has 2 N–H and O–H groups in total. The summed E-state index contributed by atoms with van der Waals surface area (Å²) in [6, 6.07) is 7.46. The Hall–Kier alpha value is -2.38. The summed E-state index contributed by atoms with van der Waals surface area (Å²) < 4.78 is 7.24. The Balaban J connectivity index is 1.71. The second kappa shape index (κ2) is 7.93. The highest BCUT2D eigenvalue weighted by Gasteiger charge is 2.32. The van der Waals surface area contributed by atoms with E-state index >= 15 is 0 Å². The minimum Gasteiger partial charge on any atom is -0.367 e. The van der Waals surface area contributed by atoms with Crippen LogP contribution in [0.5, 0.6) is 0 Å². The molecule has 0 spiro atoms. The molecule has 2 aliphatic rings. The lowest BCUT2D eigenvalue weighted by Gasteiger charge is -2.31. The van der Waals surface area contributed by atoms with Gasteiger partial charge in [-0.1, -0.05) is 18.0 Å². The van der Waals surface area contributed by atoms with E-state index in [0.29, 0.717) is 23.9 Å². The van der Waals surface area contributed by atoms with Crippen molar-refractivity contribution in [3.05, 3.63) is 46.2 Å². The lowest BCUT2D eigenvalue weighted by Crippen LogP contribution is -2.50. The van der Waals surface area contributed by atoms with Gasteiger partial charge in [0.1, 0.15) is 0 Å². The van der Waals surface area contributed by atoms with E-state index in [1.54, 1.807) is 4.90 Å². The van der Waals surface area contributed by atoms with Gasteiger partial charge in [0, 0.05) is 22.8 Å². The normalized spacial score (nSPS) is 19.8. The smallest absolute Gasteiger partial charge is 0.274 e. The molecule has 1 atom stereocenters. The number of hydrogen-bond donors (Lipinski definition) is 1. The number of halogens is 1. The largest absolute Gasteiger partial charge is 0.367 e. The van der Waals surface area contributed by atoms with Crippen molar-refractivity contribution in [3.63, 3.8) is 0 Å². The predicted octanol–water partition coefficient (Wildman–Crippen LogP) is 2.12. The van der Waals surface area contributed by atoms with E-state index in [9.17, 15) is 9.59 Å². The fraction of sp³-hybridized carbons (Fsp3) is 0.450. The van der Waals surface area contributed by atoms with Gasteiger partial charge in [-0.05, 0) is 49.9 Å². The molecule has 1 aliphatic carbocycles. The van der Waals surface area contributed by atoms with E-state index in [2.05, 4.69) is 0 Å². The average molecular weight is 403 g/mol. The maximum absolute atomic E-state index is 13.3. The topological polar surface area (TPSA) is 90.5 Å². The SMILES string of the molecule is NC(=O)C1CN(C(=O)c2nn(-c3ccc(Cl)cc3)c3c2CCCCC3)CCO1. The number of nitrogens with two attached hydrogens (primary N) is 1. The first-order valence-corrected chi connectivity index (χ1v) is 9.99. The Morgan fingerprint density at radius 3 is 2.64 bits per heavy atom. The molecule has 0 bridgehead atoms. The van der Waals surface area contributed by atoms with Crippen LogP contribution in [0.15, 0.2) is 24.3 Å². The maximum atomic E-state index is 13.3. The van der Waals surface area contributed by atoms with Crippen LogP contribution in [-0.2, 0) is 22.4 Å². The van der Waals surface area contributed by atoms with Crippen molar-refractivity contribution in [1.82, 2.24) is 14.7 Å². The highest BCUT2D eigenvalue weighted by Crippen LogP contribution is 2.28. The number of fused-ring (bicyclic) bond motifs is 1. The molecular weight excluding hydrogens is 380 g/mol. The molecule has 0 saturated carbocycles. The monoisotopic (exact) mass is 402 g/mol.